The van der Waals surface area contributed by atoms with Crippen LogP contribution >= 0.6 is 0 Å². The lowest BCUT2D eigenvalue weighted by atomic mass is 9.94. The molecule has 2 aromatic heterocycles. The third-order valence-corrected chi connectivity index (χ3v) is 22.4. The lowest BCUT2D eigenvalue weighted by Crippen LogP contribution is -2.10. The van der Waals surface area contributed by atoms with E-state index in [0.717, 1.165) is 78.8 Å². The molecule has 0 aliphatic carbocycles. The molecule has 514 valence electrons. The van der Waals surface area contributed by atoms with E-state index in [1.54, 1.807) is 0 Å². The number of aromatic nitrogens is 2. The SMILES string of the molecule is c1ccc(-c2ccc(N(c3cccc(-c4cccc5c4c4c6ccc(-c7ccc(-c8cccc(-c9ccc(N(c%10cccc(-c%11cccc%12c%11c%11c%13ccccc%13ccc%11n%12-c%11ccccc%11)c%10)c%10ccc%11ccccc%11c%10)cc9)c8)cc7)cc6ccc4n5-c4ccccc4)c3)c3ccc4ccccc4c3)cc2)cc1. The molecule has 4 nitrogen and oxygen atoms in total. The molecular formula is C106H70N4. The summed E-state index contributed by atoms with van der Waals surface area (Å²) in [6.45, 7) is 0. The van der Waals surface area contributed by atoms with Gasteiger partial charge in [-0.05, 0) is 243 Å². The van der Waals surface area contributed by atoms with Gasteiger partial charge in [-0.2, -0.15) is 0 Å². The van der Waals surface area contributed by atoms with E-state index in [1.165, 1.54) is 120 Å². The third kappa shape index (κ3) is 11.2. The highest BCUT2D eigenvalue weighted by Crippen LogP contribution is 2.48. The largest absolute Gasteiger partial charge is 0.310 e. The molecule has 110 heavy (non-hydrogen) atoms. The van der Waals surface area contributed by atoms with Crippen molar-refractivity contribution in [3.8, 4) is 78.1 Å². The van der Waals surface area contributed by atoms with Crippen molar-refractivity contribution in [2.75, 3.05) is 9.80 Å². The first kappa shape index (κ1) is 63.9. The zero-order valence-corrected chi connectivity index (χ0v) is 60.2. The van der Waals surface area contributed by atoms with E-state index in [1.807, 2.05) is 0 Å². The summed E-state index contributed by atoms with van der Waals surface area (Å²) in [6.07, 6.45) is 0. The Balaban J connectivity index is 0.608. The van der Waals surface area contributed by atoms with Gasteiger partial charge in [-0.15, -0.1) is 0 Å². The Hall–Kier alpha value is -14.6. The van der Waals surface area contributed by atoms with Crippen molar-refractivity contribution in [1.29, 1.82) is 0 Å². The molecule has 0 radical (unpaired) electrons. The number of rotatable bonds is 14. The van der Waals surface area contributed by atoms with Crippen molar-refractivity contribution in [3.05, 3.63) is 425 Å². The maximum absolute atomic E-state index is 2.45. The van der Waals surface area contributed by atoms with Gasteiger partial charge in [0.1, 0.15) is 0 Å². The van der Waals surface area contributed by atoms with E-state index in [4.69, 9.17) is 0 Å². The van der Waals surface area contributed by atoms with E-state index in [-0.39, 0.29) is 0 Å². The van der Waals surface area contributed by atoms with Gasteiger partial charge in [0.15, 0.2) is 0 Å². The molecule has 2 heterocycles. The molecule has 21 rings (SSSR count). The van der Waals surface area contributed by atoms with Gasteiger partial charge in [0.25, 0.3) is 0 Å². The molecule has 0 fully saturated rings. The van der Waals surface area contributed by atoms with Gasteiger partial charge in [-0.1, -0.05) is 291 Å². The molecule has 0 saturated carbocycles. The second-order valence-electron chi connectivity index (χ2n) is 28.8. The standard InChI is InChI=1S/C106H70N4/c1-4-21-71(22-5-1)74-47-56-89(57-48-74)107(93-60-51-72-23-10-12-26-81(72)67-93)91-36-18-31-85(70-91)97-40-20-42-100-105(97)106-98-62-53-83(66-86(98)55-64-102(106)110(100)88-34-8-3-9-35-88)76-45-43-75(44-46-76)79-28-16-29-80(65-79)77-49-58-90(59-50-77)108(94-61-52-73-24-11-13-27-82(73)68-94)92-37-17-30-84(69-92)96-39-19-41-99-104(96)103-95-38-15-14-25-78(95)54-63-101(103)109(99)87-32-6-2-7-33-87/h1-70H. The zero-order valence-electron chi connectivity index (χ0n) is 60.2. The van der Waals surface area contributed by atoms with E-state index < -0.39 is 0 Å². The van der Waals surface area contributed by atoms with Crippen LogP contribution in [0.3, 0.4) is 0 Å². The van der Waals surface area contributed by atoms with Crippen LogP contribution in [0.5, 0.6) is 0 Å². The Bertz CT molecular complexity index is 7120. The van der Waals surface area contributed by atoms with Crippen LogP contribution in [-0.2, 0) is 0 Å². The summed E-state index contributed by atoms with van der Waals surface area (Å²) < 4.78 is 4.87. The molecule has 19 aromatic carbocycles. The fourth-order valence-electron chi connectivity index (χ4n) is 17.2. The fourth-order valence-corrected chi connectivity index (χ4v) is 17.2. The molecule has 4 heteroatoms. The van der Waals surface area contributed by atoms with E-state index >= 15 is 0 Å². The van der Waals surface area contributed by atoms with E-state index in [0.29, 0.717) is 0 Å². The number of fused-ring (bicyclic) bond motifs is 12. The van der Waals surface area contributed by atoms with Gasteiger partial charge in [0, 0.05) is 67.0 Å². The van der Waals surface area contributed by atoms with Crippen molar-refractivity contribution < 1.29 is 0 Å². The highest BCUT2D eigenvalue weighted by atomic mass is 15.1. The average molecular weight is 1400 g/mol. The minimum Gasteiger partial charge on any atom is -0.310 e. The maximum atomic E-state index is 2.45. The lowest BCUT2D eigenvalue weighted by molar-refractivity contribution is 1.18. The van der Waals surface area contributed by atoms with Crippen molar-refractivity contribution in [1.82, 2.24) is 9.13 Å². The van der Waals surface area contributed by atoms with Crippen LogP contribution in [-0.4, -0.2) is 9.13 Å². The predicted molar refractivity (Wildman–Crippen MR) is 467 cm³/mol. The summed E-state index contributed by atoms with van der Waals surface area (Å²) in [4.78, 5) is 4.81. The molecule has 0 bridgehead atoms. The third-order valence-electron chi connectivity index (χ3n) is 22.4. The van der Waals surface area contributed by atoms with Crippen LogP contribution < -0.4 is 9.80 Å². The number of para-hydroxylation sites is 2. The minimum atomic E-state index is 1.07. The second kappa shape index (κ2) is 26.8. The molecule has 21 aromatic rings. The van der Waals surface area contributed by atoms with Crippen molar-refractivity contribution >= 4 is 121 Å². The van der Waals surface area contributed by atoms with Gasteiger partial charge < -0.3 is 18.9 Å². The summed E-state index contributed by atoms with van der Waals surface area (Å²) in [5.41, 5.74) is 27.5. The Morgan fingerprint density at radius 3 is 0.991 bits per heavy atom. The topological polar surface area (TPSA) is 16.3 Å². The molecule has 0 saturated heterocycles. The van der Waals surface area contributed by atoms with Gasteiger partial charge >= 0.3 is 0 Å². The van der Waals surface area contributed by atoms with Crippen LogP contribution in [0.4, 0.5) is 34.1 Å². The van der Waals surface area contributed by atoms with Gasteiger partial charge in [0.2, 0.25) is 0 Å². The first-order valence-corrected chi connectivity index (χ1v) is 37.8. The Kier molecular flexibility index (Phi) is 15.5. The number of hydrogen-bond donors (Lipinski definition) is 0. The highest BCUT2D eigenvalue weighted by Gasteiger charge is 2.24. The summed E-state index contributed by atoms with van der Waals surface area (Å²) in [7, 11) is 0. The summed E-state index contributed by atoms with van der Waals surface area (Å²) in [5.74, 6) is 0. The van der Waals surface area contributed by atoms with Crippen molar-refractivity contribution in [3.63, 3.8) is 0 Å². The Morgan fingerprint density at radius 2 is 0.482 bits per heavy atom. The van der Waals surface area contributed by atoms with Crippen LogP contribution in [0.25, 0.3) is 165 Å². The first-order chi connectivity index (χ1) is 54.5. The van der Waals surface area contributed by atoms with E-state index in [2.05, 4.69) is 444 Å². The molecule has 0 unspecified atom stereocenters. The average Bonchev–Trinajstić information content (AvgIpc) is 1.56. The quantitative estimate of drug-likeness (QED) is 0.108. The van der Waals surface area contributed by atoms with Gasteiger partial charge in [0.05, 0.1) is 22.1 Å². The normalized spacial score (nSPS) is 11.6. The number of anilines is 6. The maximum Gasteiger partial charge on any atom is 0.0547 e. The molecular weight excluding hydrogens is 1330 g/mol. The number of hydrogen-bond acceptors (Lipinski definition) is 2. The first-order valence-electron chi connectivity index (χ1n) is 37.8. The summed E-state index contributed by atoms with van der Waals surface area (Å²) >= 11 is 0. The number of nitrogens with zero attached hydrogens (tertiary/aromatic N) is 4. The van der Waals surface area contributed by atoms with Crippen LogP contribution in [0.2, 0.25) is 0 Å². The Morgan fingerprint density at radius 1 is 0.155 bits per heavy atom. The predicted octanol–water partition coefficient (Wildman–Crippen LogP) is 29.4. The fraction of sp³-hybridized carbons (Fsp3) is 0. The lowest BCUT2D eigenvalue weighted by Gasteiger charge is -2.26. The highest BCUT2D eigenvalue weighted by molar-refractivity contribution is 6.27. The smallest absolute Gasteiger partial charge is 0.0547 e. The van der Waals surface area contributed by atoms with Crippen LogP contribution in [0, 0.1) is 0 Å². The van der Waals surface area contributed by atoms with Crippen molar-refractivity contribution in [2.45, 2.75) is 0 Å². The van der Waals surface area contributed by atoms with Gasteiger partial charge in [-0.25, -0.2) is 0 Å². The summed E-state index contributed by atoms with van der Waals surface area (Å²) in [5, 5.41) is 14.7. The summed E-state index contributed by atoms with van der Waals surface area (Å²) in [6, 6.07) is 156. The van der Waals surface area contributed by atoms with Gasteiger partial charge in [-0.3, -0.25) is 0 Å². The minimum absolute atomic E-state index is 1.07. The number of benzene rings is 19. The molecule has 0 amide bonds. The van der Waals surface area contributed by atoms with E-state index in [9.17, 15) is 0 Å². The van der Waals surface area contributed by atoms with Crippen LogP contribution in [0.1, 0.15) is 0 Å². The molecule has 0 spiro atoms. The molecule has 0 N–H and O–H groups in total. The molecule has 0 aliphatic heterocycles. The monoisotopic (exact) mass is 1400 g/mol. The second-order valence-corrected chi connectivity index (χ2v) is 28.8. The van der Waals surface area contributed by atoms with Crippen LogP contribution in [0.15, 0.2) is 425 Å². The molecule has 0 aliphatic rings. The zero-order chi connectivity index (χ0) is 72.6. The Labute approximate surface area is 638 Å². The molecule has 0 atom stereocenters. The van der Waals surface area contributed by atoms with Crippen molar-refractivity contribution in [2.24, 2.45) is 0 Å².